The molecule has 0 aliphatic heterocycles. The molecular formula is C9H17MgO5+. The number of hydrogen-bond donors (Lipinski definition) is 1. The third-order valence-electron chi connectivity index (χ3n) is 0.809. The minimum Gasteiger partial charge on any atom is -0.488 e. The van der Waals surface area contributed by atoms with Gasteiger partial charge in [-0.3, -0.25) is 9.59 Å². The molecular weight excluding hydrogens is 212 g/mol. The van der Waals surface area contributed by atoms with Gasteiger partial charge >= 0.3 is 23.1 Å². The van der Waals surface area contributed by atoms with Crippen molar-refractivity contribution in [3.8, 4) is 0 Å². The Bertz CT molecular complexity index is 145. The van der Waals surface area contributed by atoms with Gasteiger partial charge in [-0.1, -0.05) is 0 Å². The molecule has 0 heterocycles. The average molecular weight is 230 g/mol. The molecule has 0 aliphatic rings. The van der Waals surface area contributed by atoms with Gasteiger partial charge in [0.25, 0.3) is 0 Å². The number of rotatable bonds is 4. The van der Waals surface area contributed by atoms with Crippen LogP contribution in [0.3, 0.4) is 0 Å². The Morgan fingerprint density at radius 3 is 1.53 bits per heavy atom. The van der Waals surface area contributed by atoms with Crippen LogP contribution in [0, 0.1) is 6.42 Å². The van der Waals surface area contributed by atoms with Crippen LogP contribution >= 0.6 is 0 Å². The van der Waals surface area contributed by atoms with Gasteiger partial charge in [-0.25, -0.2) is 0 Å². The molecule has 0 aromatic carbocycles. The Balaban J connectivity index is -0.000000320. The summed E-state index contributed by atoms with van der Waals surface area (Å²) in [6, 6.07) is 0. The number of aliphatic hydroxyl groups excluding tert-OH is 1. The molecule has 5 nitrogen and oxygen atoms in total. The Kier molecular flexibility index (Phi) is 21.3. The van der Waals surface area contributed by atoms with E-state index in [2.05, 4.69) is 9.47 Å². The van der Waals surface area contributed by atoms with E-state index >= 15 is 0 Å². The van der Waals surface area contributed by atoms with Crippen molar-refractivity contribution in [3.63, 3.8) is 0 Å². The minimum atomic E-state index is -0.661. The number of esters is 2. The number of carbonyl (C=O) groups is 2. The molecule has 0 radical (unpaired) electrons. The van der Waals surface area contributed by atoms with Gasteiger partial charge in [0, 0.05) is 6.61 Å². The quantitative estimate of drug-likeness (QED) is 0.316. The molecule has 0 amide bonds. The van der Waals surface area contributed by atoms with Crippen LogP contribution in [0.2, 0.25) is 0 Å². The Labute approximate surface area is 106 Å². The van der Waals surface area contributed by atoms with E-state index in [1.807, 2.05) is 0 Å². The van der Waals surface area contributed by atoms with E-state index in [1.54, 1.807) is 20.8 Å². The summed E-state index contributed by atoms with van der Waals surface area (Å²) < 4.78 is 8.93. The SMILES string of the molecule is CCO.CCOC(=O)[CH-]C(=O)OCC.[Mg+2]. The van der Waals surface area contributed by atoms with E-state index in [0.29, 0.717) is 0 Å². The molecule has 0 unspecified atom stereocenters. The number of carbonyl (C=O) groups excluding carboxylic acids is 2. The molecule has 6 heteroatoms. The topological polar surface area (TPSA) is 72.8 Å². The van der Waals surface area contributed by atoms with Gasteiger partial charge in [-0.15, -0.1) is 0 Å². The van der Waals surface area contributed by atoms with Crippen molar-refractivity contribution in [2.45, 2.75) is 20.8 Å². The maximum atomic E-state index is 10.5. The molecule has 1 N–H and O–H groups in total. The Hall–Kier alpha value is -0.464. The average Bonchev–Trinajstić information content (AvgIpc) is 2.05. The normalized spacial score (nSPS) is 7.47. The Morgan fingerprint density at radius 2 is 1.33 bits per heavy atom. The molecule has 0 bridgehead atoms. The third-order valence-corrected chi connectivity index (χ3v) is 0.809. The maximum Gasteiger partial charge on any atom is 2.00 e. The number of ether oxygens (including phenoxy) is 2. The Morgan fingerprint density at radius 1 is 1.07 bits per heavy atom. The van der Waals surface area contributed by atoms with Gasteiger partial charge < -0.3 is 14.6 Å². The van der Waals surface area contributed by atoms with Crippen LogP contribution in [0.25, 0.3) is 0 Å². The van der Waals surface area contributed by atoms with Crippen molar-refractivity contribution in [2.24, 2.45) is 0 Å². The molecule has 0 atom stereocenters. The number of hydrogen-bond acceptors (Lipinski definition) is 5. The first-order valence-corrected chi connectivity index (χ1v) is 4.41. The van der Waals surface area contributed by atoms with Crippen molar-refractivity contribution >= 4 is 35.0 Å². The van der Waals surface area contributed by atoms with Gasteiger partial charge in [0.1, 0.15) is 0 Å². The fourth-order valence-corrected chi connectivity index (χ4v) is 0.464. The van der Waals surface area contributed by atoms with Gasteiger partial charge in [-0.2, -0.15) is 6.42 Å². The summed E-state index contributed by atoms with van der Waals surface area (Å²) in [5.41, 5.74) is 0. The van der Waals surface area contributed by atoms with Crippen LogP contribution in [0.4, 0.5) is 0 Å². The maximum absolute atomic E-state index is 10.5. The van der Waals surface area contributed by atoms with Gasteiger partial charge in [0.05, 0.1) is 13.2 Å². The molecule has 0 fully saturated rings. The standard InChI is InChI=1S/C7H11O4.C2H6O.Mg/c1-3-10-6(8)5-7(9)11-4-2;1-2-3;/h5H,3-4H2,1-2H3;3H,2H2,1H3;/q-1;;+2. The van der Waals surface area contributed by atoms with Crippen LogP contribution < -0.4 is 0 Å². The molecule has 0 rings (SSSR count). The molecule has 84 valence electrons. The fraction of sp³-hybridized carbons (Fsp3) is 0.667. The number of aliphatic hydroxyl groups is 1. The first-order chi connectivity index (χ1) is 6.62. The summed E-state index contributed by atoms with van der Waals surface area (Å²) in [6.45, 7) is 5.78. The second-order valence-corrected chi connectivity index (χ2v) is 1.96. The van der Waals surface area contributed by atoms with E-state index < -0.39 is 11.9 Å². The molecule has 0 spiro atoms. The zero-order valence-electron chi connectivity index (χ0n) is 9.49. The molecule has 0 saturated carbocycles. The van der Waals surface area contributed by atoms with Crippen LogP contribution in [-0.4, -0.2) is 59.9 Å². The van der Waals surface area contributed by atoms with Crippen LogP contribution in [0.15, 0.2) is 0 Å². The molecule has 0 saturated heterocycles. The molecule has 0 aromatic heterocycles. The van der Waals surface area contributed by atoms with E-state index in [1.165, 1.54) is 0 Å². The third kappa shape index (κ3) is 19.8. The van der Waals surface area contributed by atoms with E-state index in [4.69, 9.17) is 5.11 Å². The van der Waals surface area contributed by atoms with E-state index in [0.717, 1.165) is 6.42 Å². The predicted molar refractivity (Wildman–Crippen MR) is 56.1 cm³/mol. The zero-order chi connectivity index (χ0) is 11.4. The van der Waals surface area contributed by atoms with Crippen molar-refractivity contribution in [2.75, 3.05) is 19.8 Å². The smallest absolute Gasteiger partial charge is 0.488 e. The first-order valence-electron chi connectivity index (χ1n) is 4.41. The summed E-state index contributed by atoms with van der Waals surface area (Å²) >= 11 is 0. The monoisotopic (exact) mass is 229 g/mol. The summed E-state index contributed by atoms with van der Waals surface area (Å²) in [6.07, 6.45) is 0.785. The summed E-state index contributed by atoms with van der Waals surface area (Å²) in [5.74, 6) is -1.32. The minimum absolute atomic E-state index is 0. The largest absolute Gasteiger partial charge is 2.00 e. The van der Waals surface area contributed by atoms with Crippen molar-refractivity contribution in [1.29, 1.82) is 0 Å². The van der Waals surface area contributed by atoms with Crippen molar-refractivity contribution in [1.82, 2.24) is 0 Å². The predicted octanol–water partition coefficient (Wildman–Crippen LogP) is -0.0653. The second kappa shape index (κ2) is 16.0. The van der Waals surface area contributed by atoms with Crippen molar-refractivity contribution in [3.05, 3.63) is 6.42 Å². The van der Waals surface area contributed by atoms with E-state index in [-0.39, 0.29) is 42.9 Å². The van der Waals surface area contributed by atoms with Gasteiger partial charge in [0.2, 0.25) is 0 Å². The van der Waals surface area contributed by atoms with Crippen molar-refractivity contribution < 1.29 is 24.2 Å². The van der Waals surface area contributed by atoms with Crippen LogP contribution in [0.5, 0.6) is 0 Å². The van der Waals surface area contributed by atoms with Gasteiger partial charge in [0.15, 0.2) is 11.9 Å². The fourth-order valence-electron chi connectivity index (χ4n) is 0.464. The molecule has 0 aliphatic carbocycles. The molecule has 15 heavy (non-hydrogen) atoms. The zero-order valence-corrected chi connectivity index (χ0v) is 10.9. The second-order valence-electron chi connectivity index (χ2n) is 1.96. The van der Waals surface area contributed by atoms with Crippen LogP contribution in [-0.2, 0) is 19.1 Å². The van der Waals surface area contributed by atoms with E-state index in [9.17, 15) is 9.59 Å². The summed E-state index contributed by atoms with van der Waals surface area (Å²) in [7, 11) is 0. The summed E-state index contributed by atoms with van der Waals surface area (Å²) in [4.78, 5) is 21.1. The molecule has 0 aromatic rings. The first kappa shape index (κ1) is 20.0. The van der Waals surface area contributed by atoms with Gasteiger partial charge in [-0.05, 0) is 20.8 Å². The van der Waals surface area contributed by atoms with Crippen LogP contribution in [0.1, 0.15) is 20.8 Å². The summed E-state index contributed by atoms with van der Waals surface area (Å²) in [5, 5.41) is 7.57.